The van der Waals surface area contributed by atoms with Crippen molar-refractivity contribution in [3.05, 3.63) is 29.3 Å². The number of benzene rings is 1. The van der Waals surface area contributed by atoms with Gasteiger partial charge in [0.05, 0.1) is 6.10 Å². The van der Waals surface area contributed by atoms with Crippen LogP contribution in [0.1, 0.15) is 28.8 Å². The van der Waals surface area contributed by atoms with Crippen molar-refractivity contribution in [3.8, 4) is 0 Å². The third kappa shape index (κ3) is 4.17. The van der Waals surface area contributed by atoms with Gasteiger partial charge in [-0.25, -0.2) is 0 Å². The van der Waals surface area contributed by atoms with Gasteiger partial charge in [0, 0.05) is 17.8 Å². The van der Waals surface area contributed by atoms with E-state index in [1.54, 1.807) is 18.2 Å². The average molecular weight is 314 g/mol. The number of aryl methyl sites for hydroxylation is 1. The van der Waals surface area contributed by atoms with Crippen LogP contribution in [0.3, 0.4) is 0 Å². The summed E-state index contributed by atoms with van der Waals surface area (Å²) in [5, 5.41) is 2.78. The summed E-state index contributed by atoms with van der Waals surface area (Å²) in [7, 11) is 0. The number of carbonyl (C=O) groups is 2. The summed E-state index contributed by atoms with van der Waals surface area (Å²) in [4.78, 5) is 23.3. The van der Waals surface area contributed by atoms with E-state index < -0.39 is 12.0 Å². The summed E-state index contributed by atoms with van der Waals surface area (Å²) in [5.41, 5.74) is 12.5. The zero-order chi connectivity index (χ0) is 14.7. The topological polar surface area (TPSA) is 107 Å². The Hall–Kier alpha value is -1.63. The fraction of sp³-hybridized carbons (Fsp3) is 0.429. The van der Waals surface area contributed by atoms with Crippen LogP contribution in [0.25, 0.3) is 0 Å². The minimum absolute atomic E-state index is 0. The van der Waals surface area contributed by atoms with Gasteiger partial charge in [-0.3, -0.25) is 9.59 Å². The summed E-state index contributed by atoms with van der Waals surface area (Å²) in [6, 6.07) is 4.95. The van der Waals surface area contributed by atoms with Crippen LogP contribution >= 0.6 is 12.4 Å². The number of amides is 2. The first kappa shape index (κ1) is 17.4. The maximum Gasteiger partial charge on any atom is 0.253 e. The highest BCUT2D eigenvalue weighted by Gasteiger charge is 2.30. The van der Waals surface area contributed by atoms with Crippen molar-refractivity contribution in [2.75, 3.05) is 11.9 Å². The smallest absolute Gasteiger partial charge is 0.253 e. The quantitative estimate of drug-likeness (QED) is 0.769. The molecule has 0 bridgehead atoms. The summed E-state index contributed by atoms with van der Waals surface area (Å²) in [6.45, 7) is 2.26. The standard InChI is InChI=1S/C14H19N3O3.ClH/c1-8-2-3-9(13(16)18)6-11(8)17-14(19)12-5-4-10(7-15)20-12;/h2-3,6,10,12H,4-5,7,15H2,1H3,(H2,16,18)(H,17,19);1H/t10-,12+;/m1./s1. The molecule has 0 radical (unpaired) electrons. The molecule has 0 saturated carbocycles. The molecule has 1 aromatic rings. The average Bonchev–Trinajstić information content (AvgIpc) is 2.89. The fourth-order valence-electron chi connectivity index (χ4n) is 2.20. The molecule has 116 valence electrons. The molecular weight excluding hydrogens is 294 g/mol. The number of hydrogen-bond donors (Lipinski definition) is 3. The largest absolute Gasteiger partial charge is 0.366 e. The first-order chi connectivity index (χ1) is 9.51. The second-order valence-electron chi connectivity index (χ2n) is 4.94. The second kappa shape index (κ2) is 7.40. The maximum atomic E-state index is 12.1. The Morgan fingerprint density at radius 1 is 1.38 bits per heavy atom. The Morgan fingerprint density at radius 3 is 2.67 bits per heavy atom. The van der Waals surface area contributed by atoms with Gasteiger partial charge in [0.25, 0.3) is 5.91 Å². The van der Waals surface area contributed by atoms with Crippen LogP contribution in [0.5, 0.6) is 0 Å². The molecule has 5 N–H and O–H groups in total. The lowest BCUT2D eigenvalue weighted by Crippen LogP contribution is -2.30. The Bertz CT molecular complexity index is 536. The second-order valence-corrected chi connectivity index (χ2v) is 4.94. The van der Waals surface area contributed by atoms with Crippen LogP contribution in [0.4, 0.5) is 5.69 Å². The molecule has 1 aliphatic rings. The molecule has 0 aromatic heterocycles. The van der Waals surface area contributed by atoms with Crippen LogP contribution in [-0.4, -0.2) is 30.6 Å². The summed E-state index contributed by atoms with van der Waals surface area (Å²) >= 11 is 0. The summed E-state index contributed by atoms with van der Waals surface area (Å²) in [6.07, 6.45) is 0.904. The van der Waals surface area contributed by atoms with Crippen molar-refractivity contribution in [1.29, 1.82) is 0 Å². The van der Waals surface area contributed by atoms with Gasteiger partial charge >= 0.3 is 0 Å². The van der Waals surface area contributed by atoms with Gasteiger partial charge in [0.15, 0.2) is 0 Å². The van der Waals surface area contributed by atoms with E-state index in [-0.39, 0.29) is 24.4 Å². The molecule has 1 heterocycles. The monoisotopic (exact) mass is 313 g/mol. The first-order valence-electron chi connectivity index (χ1n) is 6.58. The molecular formula is C14H20ClN3O3. The minimum Gasteiger partial charge on any atom is -0.366 e. The van der Waals surface area contributed by atoms with E-state index in [1.165, 1.54) is 0 Å². The SMILES string of the molecule is Cc1ccc(C(N)=O)cc1NC(=O)[C@@H]1CC[C@H](CN)O1.Cl. The third-order valence-corrected chi connectivity index (χ3v) is 3.44. The molecule has 1 saturated heterocycles. The number of nitrogens with one attached hydrogen (secondary N) is 1. The minimum atomic E-state index is -0.527. The van der Waals surface area contributed by atoms with Crippen molar-refractivity contribution in [2.45, 2.75) is 32.0 Å². The van der Waals surface area contributed by atoms with Gasteiger partial charge in [-0.2, -0.15) is 0 Å². The summed E-state index contributed by atoms with van der Waals surface area (Å²) in [5.74, 6) is -0.744. The molecule has 21 heavy (non-hydrogen) atoms. The Kier molecular flexibility index (Phi) is 6.14. The van der Waals surface area contributed by atoms with Crippen molar-refractivity contribution in [3.63, 3.8) is 0 Å². The number of carbonyl (C=O) groups excluding carboxylic acids is 2. The predicted octanol–water partition coefficient (Wildman–Crippen LogP) is 0.961. The number of anilines is 1. The molecule has 2 rings (SSSR count). The third-order valence-electron chi connectivity index (χ3n) is 3.44. The van der Waals surface area contributed by atoms with Gasteiger partial charge in [-0.1, -0.05) is 6.07 Å². The predicted molar refractivity (Wildman–Crippen MR) is 82.5 cm³/mol. The zero-order valence-electron chi connectivity index (χ0n) is 11.8. The van der Waals surface area contributed by atoms with E-state index in [2.05, 4.69) is 5.32 Å². The van der Waals surface area contributed by atoms with Crippen molar-refractivity contribution < 1.29 is 14.3 Å². The van der Waals surface area contributed by atoms with Gasteiger partial charge in [0.1, 0.15) is 6.10 Å². The van der Waals surface area contributed by atoms with Gasteiger partial charge in [0.2, 0.25) is 5.91 Å². The number of nitrogens with two attached hydrogens (primary N) is 2. The van der Waals surface area contributed by atoms with Gasteiger partial charge < -0.3 is 21.5 Å². The van der Waals surface area contributed by atoms with Crippen LogP contribution < -0.4 is 16.8 Å². The number of hydrogen-bond acceptors (Lipinski definition) is 4. The van der Waals surface area contributed by atoms with E-state index in [0.717, 1.165) is 12.0 Å². The highest BCUT2D eigenvalue weighted by atomic mass is 35.5. The number of halogens is 1. The van der Waals surface area contributed by atoms with E-state index in [0.29, 0.717) is 24.2 Å². The molecule has 0 aliphatic carbocycles. The fourth-order valence-corrected chi connectivity index (χ4v) is 2.20. The Labute approximate surface area is 129 Å². The molecule has 2 atom stereocenters. The highest BCUT2D eigenvalue weighted by Crippen LogP contribution is 2.22. The normalized spacial score (nSPS) is 20.7. The van der Waals surface area contributed by atoms with Gasteiger partial charge in [-0.15, -0.1) is 12.4 Å². The van der Waals surface area contributed by atoms with Gasteiger partial charge in [-0.05, 0) is 37.5 Å². The number of rotatable bonds is 4. The lowest BCUT2D eigenvalue weighted by molar-refractivity contribution is -0.126. The van der Waals surface area contributed by atoms with Crippen molar-refractivity contribution >= 4 is 29.9 Å². The number of ether oxygens (including phenoxy) is 1. The first-order valence-corrected chi connectivity index (χ1v) is 6.58. The van der Waals surface area contributed by atoms with Crippen LogP contribution in [0.15, 0.2) is 18.2 Å². The molecule has 1 fully saturated rings. The maximum absolute atomic E-state index is 12.1. The Morgan fingerprint density at radius 2 is 2.10 bits per heavy atom. The Balaban J connectivity index is 0.00000220. The lowest BCUT2D eigenvalue weighted by atomic mass is 10.1. The van der Waals surface area contributed by atoms with Crippen LogP contribution in [0, 0.1) is 6.92 Å². The molecule has 7 heteroatoms. The van der Waals surface area contributed by atoms with E-state index >= 15 is 0 Å². The molecule has 1 aliphatic heterocycles. The number of primary amides is 1. The molecule has 6 nitrogen and oxygen atoms in total. The zero-order valence-corrected chi connectivity index (χ0v) is 12.6. The molecule has 0 unspecified atom stereocenters. The van der Waals surface area contributed by atoms with E-state index in [1.807, 2.05) is 6.92 Å². The van der Waals surface area contributed by atoms with Crippen LogP contribution in [0.2, 0.25) is 0 Å². The molecule has 1 aromatic carbocycles. The lowest BCUT2D eigenvalue weighted by Gasteiger charge is -2.14. The summed E-state index contributed by atoms with van der Waals surface area (Å²) < 4.78 is 5.53. The van der Waals surface area contributed by atoms with Crippen molar-refractivity contribution in [1.82, 2.24) is 0 Å². The molecule has 0 spiro atoms. The van der Waals surface area contributed by atoms with E-state index in [9.17, 15) is 9.59 Å². The highest BCUT2D eigenvalue weighted by molar-refractivity contribution is 5.98. The van der Waals surface area contributed by atoms with Crippen molar-refractivity contribution in [2.24, 2.45) is 11.5 Å². The molecule has 2 amide bonds. The van der Waals surface area contributed by atoms with E-state index in [4.69, 9.17) is 16.2 Å². The van der Waals surface area contributed by atoms with Crippen LogP contribution in [-0.2, 0) is 9.53 Å².